The number of fused-ring (bicyclic) bond motifs is 1. The summed E-state index contributed by atoms with van der Waals surface area (Å²) in [6, 6.07) is 3.36. The fourth-order valence-electron chi connectivity index (χ4n) is 3.99. The van der Waals surface area contributed by atoms with Crippen molar-refractivity contribution in [2.75, 3.05) is 19.7 Å². The van der Waals surface area contributed by atoms with E-state index in [1.807, 2.05) is 0 Å². The Morgan fingerprint density at radius 2 is 1.88 bits per heavy atom. The van der Waals surface area contributed by atoms with E-state index in [1.54, 1.807) is 0 Å². The topological polar surface area (TPSA) is 116 Å². The van der Waals surface area contributed by atoms with Crippen LogP contribution in [0.5, 0.6) is 0 Å². The number of nitro benzene ring substituents is 2. The lowest BCUT2D eigenvalue weighted by atomic mass is 9.84. The lowest BCUT2D eigenvalue weighted by Crippen LogP contribution is -2.49. The molecule has 0 amide bonds. The van der Waals surface area contributed by atoms with Crippen molar-refractivity contribution < 1.29 is 19.4 Å². The van der Waals surface area contributed by atoms with Crippen LogP contribution in [0.15, 0.2) is 18.2 Å². The first-order valence-corrected chi connectivity index (χ1v) is 8.81. The maximum Gasteiger partial charge on any atom is 0.345 e. The zero-order chi connectivity index (χ0) is 18.7. The molecule has 140 valence electrons. The van der Waals surface area contributed by atoms with Crippen LogP contribution >= 0.6 is 0 Å². The lowest BCUT2D eigenvalue weighted by Gasteiger charge is -2.44. The quantitative estimate of drug-likeness (QED) is 0.448. The van der Waals surface area contributed by atoms with Crippen molar-refractivity contribution in [3.05, 3.63) is 44.0 Å². The summed E-state index contributed by atoms with van der Waals surface area (Å²) in [6.07, 6.45) is 5.46. The summed E-state index contributed by atoms with van der Waals surface area (Å²) >= 11 is 0. The van der Waals surface area contributed by atoms with Gasteiger partial charge in [-0.3, -0.25) is 25.1 Å². The zero-order valence-electron chi connectivity index (χ0n) is 14.3. The molecule has 0 bridgehead atoms. The van der Waals surface area contributed by atoms with Crippen LogP contribution in [0.1, 0.15) is 42.5 Å². The Balaban J connectivity index is 1.70. The van der Waals surface area contributed by atoms with Gasteiger partial charge in [-0.1, -0.05) is 6.42 Å². The zero-order valence-corrected chi connectivity index (χ0v) is 14.3. The minimum atomic E-state index is -0.806. The van der Waals surface area contributed by atoms with Crippen molar-refractivity contribution in [3.63, 3.8) is 0 Å². The third-order valence-corrected chi connectivity index (χ3v) is 5.27. The number of nitrogens with zero attached hydrogens (tertiary/aromatic N) is 3. The maximum absolute atomic E-state index is 12.3. The van der Waals surface area contributed by atoms with E-state index >= 15 is 0 Å². The van der Waals surface area contributed by atoms with Gasteiger partial charge in [-0.2, -0.15) is 0 Å². The largest absolute Gasteiger partial charge is 0.462 e. The first-order chi connectivity index (χ1) is 12.5. The standard InChI is InChI=1S/C17H21N3O6/c21-17(14-7-6-13(19(22)23)10-16(14)20(24)25)26-11-12-4-3-9-18-8-2-1-5-15(12)18/h6-7,10,12,15H,1-5,8-9,11H2/t12-,15-/m1/s1. The molecule has 26 heavy (non-hydrogen) atoms. The van der Waals surface area contributed by atoms with Crippen molar-refractivity contribution >= 4 is 17.3 Å². The van der Waals surface area contributed by atoms with E-state index in [0.29, 0.717) is 6.04 Å². The average molecular weight is 363 g/mol. The van der Waals surface area contributed by atoms with Crippen LogP contribution in [-0.4, -0.2) is 46.5 Å². The van der Waals surface area contributed by atoms with Crippen LogP contribution in [0.4, 0.5) is 11.4 Å². The molecule has 1 aromatic carbocycles. The number of hydrogen-bond acceptors (Lipinski definition) is 7. The normalized spacial score (nSPS) is 23.1. The summed E-state index contributed by atoms with van der Waals surface area (Å²) in [6.45, 7) is 2.36. The molecule has 2 aliphatic heterocycles. The number of hydrogen-bond donors (Lipinski definition) is 0. The van der Waals surface area contributed by atoms with Gasteiger partial charge in [-0.15, -0.1) is 0 Å². The summed E-state index contributed by atoms with van der Waals surface area (Å²) < 4.78 is 5.37. The summed E-state index contributed by atoms with van der Waals surface area (Å²) in [5.41, 5.74) is -1.29. The molecule has 2 atom stereocenters. The number of rotatable bonds is 5. The van der Waals surface area contributed by atoms with Crippen LogP contribution in [0.3, 0.4) is 0 Å². The van der Waals surface area contributed by atoms with Crippen molar-refractivity contribution in [1.29, 1.82) is 0 Å². The van der Waals surface area contributed by atoms with Crippen LogP contribution in [-0.2, 0) is 4.74 Å². The van der Waals surface area contributed by atoms with E-state index in [2.05, 4.69) is 4.90 Å². The number of carbonyl (C=O) groups excluding carboxylic acids is 1. The molecule has 2 fully saturated rings. The second-order valence-corrected chi connectivity index (χ2v) is 6.82. The monoisotopic (exact) mass is 363 g/mol. The number of piperidine rings is 2. The molecule has 3 rings (SSSR count). The van der Waals surface area contributed by atoms with E-state index in [9.17, 15) is 25.0 Å². The lowest BCUT2D eigenvalue weighted by molar-refractivity contribution is -0.394. The van der Waals surface area contributed by atoms with Crippen molar-refractivity contribution in [2.45, 2.75) is 38.1 Å². The predicted octanol–water partition coefficient (Wildman–Crippen LogP) is 2.92. The highest BCUT2D eigenvalue weighted by Crippen LogP contribution is 2.31. The Morgan fingerprint density at radius 3 is 2.62 bits per heavy atom. The highest BCUT2D eigenvalue weighted by atomic mass is 16.6. The molecule has 0 aliphatic carbocycles. The van der Waals surface area contributed by atoms with Crippen LogP contribution in [0.25, 0.3) is 0 Å². The number of ether oxygens (including phenoxy) is 1. The van der Waals surface area contributed by atoms with Gasteiger partial charge in [-0.05, 0) is 44.8 Å². The third-order valence-electron chi connectivity index (χ3n) is 5.27. The van der Waals surface area contributed by atoms with Crippen molar-refractivity contribution in [2.24, 2.45) is 5.92 Å². The van der Waals surface area contributed by atoms with E-state index < -0.39 is 27.2 Å². The highest BCUT2D eigenvalue weighted by Gasteiger charge is 2.34. The molecule has 2 heterocycles. The number of non-ortho nitro benzene ring substituents is 1. The SMILES string of the molecule is O=C(OC[C@H]1CCCN2CCCC[C@H]12)c1ccc([N+](=O)[O-])cc1[N+](=O)[O-]. The smallest absolute Gasteiger partial charge is 0.345 e. The average Bonchev–Trinajstić information content (AvgIpc) is 2.65. The Hall–Kier alpha value is -2.55. The molecule has 1 aromatic rings. The fourth-order valence-corrected chi connectivity index (χ4v) is 3.99. The van der Waals surface area contributed by atoms with E-state index in [4.69, 9.17) is 4.74 Å². The summed E-state index contributed by atoms with van der Waals surface area (Å²) in [4.78, 5) is 35.2. The van der Waals surface area contributed by atoms with Gasteiger partial charge in [-0.25, -0.2) is 4.79 Å². The van der Waals surface area contributed by atoms with Crippen LogP contribution in [0, 0.1) is 26.1 Å². The molecule has 0 unspecified atom stereocenters. The Kier molecular flexibility index (Phi) is 5.46. The highest BCUT2D eigenvalue weighted by molar-refractivity contribution is 5.94. The molecule has 2 saturated heterocycles. The van der Waals surface area contributed by atoms with E-state index in [1.165, 1.54) is 12.8 Å². The molecular weight excluding hydrogens is 342 g/mol. The molecule has 0 radical (unpaired) electrons. The van der Waals surface area contributed by atoms with Gasteiger partial charge in [0, 0.05) is 18.0 Å². The van der Waals surface area contributed by atoms with Gasteiger partial charge in [0.05, 0.1) is 22.5 Å². The molecule has 9 heteroatoms. The third kappa shape index (κ3) is 3.82. The van der Waals surface area contributed by atoms with E-state index in [0.717, 1.165) is 50.6 Å². The van der Waals surface area contributed by atoms with Crippen molar-refractivity contribution in [3.8, 4) is 0 Å². The number of benzene rings is 1. The van der Waals surface area contributed by atoms with Gasteiger partial charge in [0.25, 0.3) is 11.4 Å². The van der Waals surface area contributed by atoms with Gasteiger partial charge < -0.3 is 4.74 Å². The molecule has 2 aliphatic rings. The minimum Gasteiger partial charge on any atom is -0.462 e. The number of nitro groups is 2. The fraction of sp³-hybridized carbons (Fsp3) is 0.588. The number of carbonyl (C=O) groups is 1. The Labute approximate surface area is 150 Å². The van der Waals surface area contributed by atoms with Crippen molar-refractivity contribution in [1.82, 2.24) is 4.90 Å². The Bertz CT molecular complexity index is 720. The van der Waals surface area contributed by atoms with Crippen LogP contribution < -0.4 is 0 Å². The maximum atomic E-state index is 12.3. The molecule has 0 aromatic heterocycles. The summed E-state index contributed by atoms with van der Waals surface area (Å²) in [5.74, 6) is -0.579. The van der Waals surface area contributed by atoms with E-state index in [-0.39, 0.29) is 18.1 Å². The number of esters is 1. The first kappa shape index (κ1) is 18.2. The van der Waals surface area contributed by atoms with Gasteiger partial charge in [0.15, 0.2) is 0 Å². The van der Waals surface area contributed by atoms with Gasteiger partial charge in [0.1, 0.15) is 5.56 Å². The molecule has 0 N–H and O–H groups in total. The molecular formula is C17H21N3O6. The molecule has 0 saturated carbocycles. The van der Waals surface area contributed by atoms with Gasteiger partial charge in [0.2, 0.25) is 0 Å². The molecule has 0 spiro atoms. The minimum absolute atomic E-state index is 0.216. The van der Waals surface area contributed by atoms with Gasteiger partial charge >= 0.3 is 5.97 Å². The Morgan fingerprint density at radius 1 is 1.12 bits per heavy atom. The second kappa shape index (κ2) is 7.77. The predicted molar refractivity (Wildman–Crippen MR) is 92.0 cm³/mol. The summed E-state index contributed by atoms with van der Waals surface area (Å²) in [7, 11) is 0. The van der Waals surface area contributed by atoms with Crippen LogP contribution in [0.2, 0.25) is 0 Å². The second-order valence-electron chi connectivity index (χ2n) is 6.82. The summed E-state index contributed by atoms with van der Waals surface area (Å²) in [5, 5.41) is 21.9. The molecule has 9 nitrogen and oxygen atoms in total. The first-order valence-electron chi connectivity index (χ1n) is 8.81.